The molecule has 0 spiro atoms. The molecule has 0 saturated carbocycles. The minimum Gasteiger partial charge on any atom is -0.507 e. The molecule has 1 aliphatic rings. The summed E-state index contributed by atoms with van der Waals surface area (Å²) in [5.41, 5.74) is 0.896. The van der Waals surface area contributed by atoms with E-state index in [1.807, 2.05) is 19.0 Å². The lowest BCUT2D eigenvalue weighted by molar-refractivity contribution is -0.139. The van der Waals surface area contributed by atoms with Crippen molar-refractivity contribution in [1.82, 2.24) is 9.80 Å². The zero-order valence-corrected chi connectivity index (χ0v) is 19.1. The predicted molar refractivity (Wildman–Crippen MR) is 122 cm³/mol. The van der Waals surface area contributed by atoms with Crippen LogP contribution in [0.3, 0.4) is 0 Å². The summed E-state index contributed by atoms with van der Waals surface area (Å²) in [7, 11) is 5.37. The first-order valence-corrected chi connectivity index (χ1v) is 10.5. The van der Waals surface area contributed by atoms with Gasteiger partial charge in [0.25, 0.3) is 11.7 Å². The van der Waals surface area contributed by atoms with Crippen molar-refractivity contribution in [2.24, 2.45) is 0 Å². The van der Waals surface area contributed by atoms with Gasteiger partial charge in [0.15, 0.2) is 0 Å². The lowest BCUT2D eigenvalue weighted by Gasteiger charge is -2.26. The number of ether oxygens (including phenoxy) is 1. The highest BCUT2D eigenvalue weighted by Gasteiger charge is 2.46. The van der Waals surface area contributed by atoms with Crippen molar-refractivity contribution in [3.8, 4) is 5.75 Å². The summed E-state index contributed by atoms with van der Waals surface area (Å²) in [5, 5.41) is 11.9. The van der Waals surface area contributed by atoms with Gasteiger partial charge in [-0.15, -0.1) is 0 Å². The maximum absolute atomic E-state index is 13.0. The number of Topliss-reactive ketones (excluding diaryl/α,β-unsaturated/α-hetero) is 1. The van der Waals surface area contributed by atoms with E-state index in [4.69, 9.17) is 27.9 Å². The fraction of sp³-hybridized carbons (Fsp3) is 0.304. The van der Waals surface area contributed by atoms with E-state index in [1.54, 1.807) is 36.4 Å². The summed E-state index contributed by atoms with van der Waals surface area (Å²) in [4.78, 5) is 29.4. The number of carbonyl (C=O) groups is 2. The highest BCUT2D eigenvalue weighted by atomic mass is 35.5. The van der Waals surface area contributed by atoms with Gasteiger partial charge in [-0.2, -0.15) is 0 Å². The zero-order chi connectivity index (χ0) is 22.7. The minimum atomic E-state index is -0.749. The molecule has 0 radical (unpaired) electrons. The smallest absolute Gasteiger partial charge is 0.295 e. The van der Waals surface area contributed by atoms with Crippen LogP contribution in [-0.2, 0) is 9.59 Å². The predicted octanol–water partition coefficient (Wildman–Crippen LogP) is 4.38. The van der Waals surface area contributed by atoms with Crippen LogP contribution in [0, 0.1) is 0 Å². The van der Waals surface area contributed by atoms with E-state index in [9.17, 15) is 14.7 Å². The maximum Gasteiger partial charge on any atom is 0.295 e. The Morgan fingerprint density at radius 3 is 2.42 bits per heavy atom. The number of aliphatic hydroxyl groups is 1. The highest BCUT2D eigenvalue weighted by Crippen LogP contribution is 2.41. The molecule has 31 heavy (non-hydrogen) atoms. The van der Waals surface area contributed by atoms with E-state index in [2.05, 4.69) is 0 Å². The normalized spacial score (nSPS) is 18.1. The molecule has 2 aromatic rings. The van der Waals surface area contributed by atoms with Crippen LogP contribution in [0.1, 0.15) is 23.6 Å². The number of nitrogens with zero attached hydrogens (tertiary/aromatic N) is 2. The fourth-order valence-electron chi connectivity index (χ4n) is 3.62. The molecule has 1 saturated heterocycles. The second-order valence-corrected chi connectivity index (χ2v) is 8.39. The number of carbonyl (C=O) groups excluding carboxylic acids is 2. The zero-order valence-electron chi connectivity index (χ0n) is 17.6. The molecule has 0 bridgehead atoms. The van der Waals surface area contributed by atoms with Crippen LogP contribution in [0.5, 0.6) is 5.75 Å². The molecule has 1 atom stereocenters. The third-order valence-electron chi connectivity index (χ3n) is 5.16. The Bertz CT molecular complexity index is 1020. The number of ketones is 1. The average molecular weight is 463 g/mol. The number of amides is 1. The lowest BCUT2D eigenvalue weighted by atomic mass is 9.95. The fourth-order valence-corrected chi connectivity index (χ4v) is 3.95. The molecule has 0 aliphatic carbocycles. The topological polar surface area (TPSA) is 70.1 Å². The molecule has 1 heterocycles. The molecule has 1 unspecified atom stereocenters. The number of benzene rings is 2. The van der Waals surface area contributed by atoms with Crippen LogP contribution in [0.4, 0.5) is 0 Å². The van der Waals surface area contributed by atoms with E-state index >= 15 is 0 Å². The van der Waals surface area contributed by atoms with E-state index in [0.717, 1.165) is 6.54 Å². The molecule has 2 aromatic carbocycles. The van der Waals surface area contributed by atoms with Crippen LogP contribution >= 0.6 is 23.2 Å². The van der Waals surface area contributed by atoms with Gasteiger partial charge in [0.05, 0.1) is 23.7 Å². The third-order valence-corrected chi connectivity index (χ3v) is 5.74. The SMILES string of the molecule is COc1ccc(Cl)c(/C(O)=C2\C(=O)C(=O)N(CCCN(C)C)C2c2ccc(Cl)cc2)c1. The highest BCUT2D eigenvalue weighted by molar-refractivity contribution is 6.47. The number of halogens is 2. The first-order chi connectivity index (χ1) is 14.7. The van der Waals surface area contributed by atoms with Crippen LogP contribution in [0.25, 0.3) is 5.76 Å². The summed E-state index contributed by atoms with van der Waals surface area (Å²) in [5.74, 6) is -1.27. The third kappa shape index (κ3) is 4.87. The van der Waals surface area contributed by atoms with Crippen molar-refractivity contribution in [1.29, 1.82) is 0 Å². The standard InChI is InChI=1S/C23H24Cl2N2O4/c1-26(2)11-4-12-27-20(14-5-7-15(24)8-6-14)19(22(29)23(27)30)21(28)17-13-16(31-3)9-10-18(17)25/h5-10,13,20,28H,4,11-12H2,1-3H3/b21-19+. The van der Waals surface area contributed by atoms with Gasteiger partial charge >= 0.3 is 0 Å². The summed E-state index contributed by atoms with van der Waals surface area (Å²) >= 11 is 12.3. The largest absolute Gasteiger partial charge is 0.507 e. The van der Waals surface area contributed by atoms with E-state index in [-0.39, 0.29) is 21.9 Å². The van der Waals surface area contributed by atoms with Crippen molar-refractivity contribution >= 4 is 40.7 Å². The Kier molecular flexibility index (Phi) is 7.26. The van der Waals surface area contributed by atoms with Gasteiger partial charge in [0.1, 0.15) is 11.5 Å². The monoisotopic (exact) mass is 462 g/mol. The van der Waals surface area contributed by atoms with Gasteiger partial charge in [-0.25, -0.2) is 0 Å². The number of rotatable bonds is 7. The van der Waals surface area contributed by atoms with E-state index in [1.165, 1.54) is 18.1 Å². The van der Waals surface area contributed by atoms with Crippen molar-refractivity contribution in [3.05, 3.63) is 69.2 Å². The average Bonchev–Trinajstić information content (AvgIpc) is 2.99. The first-order valence-electron chi connectivity index (χ1n) is 9.77. The van der Waals surface area contributed by atoms with Gasteiger partial charge < -0.3 is 19.6 Å². The first kappa shape index (κ1) is 23.1. The van der Waals surface area contributed by atoms with Gasteiger partial charge in [-0.3, -0.25) is 9.59 Å². The van der Waals surface area contributed by atoms with Crippen LogP contribution in [0.2, 0.25) is 10.0 Å². The molecular formula is C23H24Cl2N2O4. The van der Waals surface area contributed by atoms with Crippen molar-refractivity contribution < 1.29 is 19.4 Å². The number of hydrogen-bond donors (Lipinski definition) is 1. The van der Waals surface area contributed by atoms with Crippen molar-refractivity contribution in [3.63, 3.8) is 0 Å². The van der Waals surface area contributed by atoms with Crippen molar-refractivity contribution in [2.45, 2.75) is 12.5 Å². The molecule has 1 fully saturated rings. The minimum absolute atomic E-state index is 0.00710. The van der Waals surface area contributed by atoms with Crippen LogP contribution in [-0.4, -0.2) is 60.9 Å². The molecular weight excluding hydrogens is 439 g/mol. The van der Waals surface area contributed by atoms with Crippen molar-refractivity contribution in [2.75, 3.05) is 34.3 Å². The second-order valence-electron chi connectivity index (χ2n) is 7.55. The molecule has 1 N–H and O–H groups in total. The summed E-state index contributed by atoms with van der Waals surface area (Å²) in [6, 6.07) is 10.9. The molecule has 8 heteroatoms. The van der Waals surface area contributed by atoms with Gasteiger partial charge in [-0.1, -0.05) is 35.3 Å². The molecule has 164 valence electrons. The summed E-state index contributed by atoms with van der Waals surface area (Å²) in [6.45, 7) is 1.11. The Hall–Kier alpha value is -2.54. The molecule has 3 rings (SSSR count). The van der Waals surface area contributed by atoms with E-state index < -0.39 is 17.7 Å². The Morgan fingerprint density at radius 1 is 1.13 bits per heavy atom. The summed E-state index contributed by atoms with van der Waals surface area (Å²) in [6.07, 6.45) is 0.671. The Morgan fingerprint density at radius 2 is 1.81 bits per heavy atom. The van der Waals surface area contributed by atoms with Crippen LogP contribution in [0.15, 0.2) is 48.0 Å². The quantitative estimate of drug-likeness (QED) is 0.375. The second kappa shape index (κ2) is 9.73. The lowest BCUT2D eigenvalue weighted by Crippen LogP contribution is -2.32. The van der Waals surface area contributed by atoms with Gasteiger partial charge in [0, 0.05) is 17.1 Å². The summed E-state index contributed by atoms with van der Waals surface area (Å²) < 4.78 is 5.22. The number of aliphatic hydroxyl groups excluding tert-OH is 1. The molecule has 0 aromatic heterocycles. The molecule has 6 nitrogen and oxygen atoms in total. The van der Waals surface area contributed by atoms with Gasteiger partial charge in [0.2, 0.25) is 0 Å². The number of likely N-dealkylation sites (tertiary alicyclic amines) is 1. The Labute approximate surface area is 191 Å². The maximum atomic E-state index is 13.0. The number of methoxy groups -OCH3 is 1. The van der Waals surface area contributed by atoms with Crippen LogP contribution < -0.4 is 4.74 Å². The van der Waals surface area contributed by atoms with E-state index in [0.29, 0.717) is 29.3 Å². The Balaban J connectivity index is 2.14. The molecule has 1 aliphatic heterocycles. The number of hydrogen-bond acceptors (Lipinski definition) is 5. The molecule has 1 amide bonds. The van der Waals surface area contributed by atoms with Gasteiger partial charge in [-0.05, 0) is 63.0 Å².